The zero-order valence-electron chi connectivity index (χ0n) is 8.79. The van der Waals surface area contributed by atoms with Crippen LogP contribution in [0.2, 0.25) is 0 Å². The summed E-state index contributed by atoms with van der Waals surface area (Å²) in [6.07, 6.45) is 3.18. The smallest absolute Gasteiger partial charge is 0.0992 e. The molecule has 80 valence electrons. The van der Waals surface area contributed by atoms with Crippen molar-refractivity contribution < 1.29 is 0 Å². The third-order valence-electron chi connectivity index (χ3n) is 2.02. The first-order chi connectivity index (χ1) is 7.27. The number of rotatable bonds is 5. The number of nitrogen functional groups attached to an aromatic ring is 1. The van der Waals surface area contributed by atoms with Crippen LogP contribution < -0.4 is 11.1 Å². The van der Waals surface area contributed by atoms with Gasteiger partial charge in [0.1, 0.15) is 0 Å². The normalized spacial score (nSPS) is 9.60. The van der Waals surface area contributed by atoms with Gasteiger partial charge in [-0.3, -0.25) is 0 Å². The van der Waals surface area contributed by atoms with E-state index in [1.54, 1.807) is 18.2 Å². The van der Waals surface area contributed by atoms with Gasteiger partial charge in [0.05, 0.1) is 23.0 Å². The van der Waals surface area contributed by atoms with Crippen LogP contribution in [-0.2, 0) is 0 Å². The fourth-order valence-electron chi connectivity index (χ4n) is 1.22. The van der Waals surface area contributed by atoms with E-state index in [0.717, 1.165) is 24.4 Å². The predicted molar refractivity (Wildman–Crippen MR) is 67.1 cm³/mol. The molecule has 0 radical (unpaired) electrons. The lowest BCUT2D eigenvalue weighted by molar-refractivity contribution is 0.994. The molecule has 0 spiro atoms. The predicted octanol–water partition coefficient (Wildman–Crippen LogP) is 2.31. The Morgan fingerprint density at radius 2 is 2.33 bits per heavy atom. The summed E-state index contributed by atoms with van der Waals surface area (Å²) in [5.41, 5.74) is 7.97. The van der Waals surface area contributed by atoms with E-state index >= 15 is 0 Å². The van der Waals surface area contributed by atoms with E-state index in [4.69, 9.17) is 11.0 Å². The number of nitriles is 1. The molecule has 0 bridgehead atoms. The molecule has 3 N–H and O–H groups in total. The molecule has 1 aromatic carbocycles. The molecule has 0 aliphatic rings. The Hall–Kier alpha value is -1.34. The number of nitrogens with zero attached hydrogens (tertiary/aromatic N) is 1. The molecule has 0 saturated heterocycles. The lowest BCUT2D eigenvalue weighted by Gasteiger charge is -2.08. The van der Waals surface area contributed by atoms with Gasteiger partial charge in [0, 0.05) is 6.54 Å². The molecule has 15 heavy (non-hydrogen) atoms. The van der Waals surface area contributed by atoms with Crippen molar-refractivity contribution in [3.63, 3.8) is 0 Å². The second-order valence-electron chi connectivity index (χ2n) is 3.19. The molecule has 0 saturated carbocycles. The Balaban J connectivity index is 2.56. The molecule has 4 heteroatoms. The Morgan fingerprint density at radius 3 is 3.00 bits per heavy atom. The second kappa shape index (κ2) is 6.20. The standard InChI is InChI=1S/C11H15N3S/c1-15-6-2-5-14-11-7-9(8-12)3-4-10(11)13/h3-4,7,14H,2,5-6,13H2,1H3. The van der Waals surface area contributed by atoms with Gasteiger partial charge in [-0.2, -0.15) is 17.0 Å². The van der Waals surface area contributed by atoms with Crippen LogP contribution in [0.15, 0.2) is 18.2 Å². The van der Waals surface area contributed by atoms with E-state index in [0.29, 0.717) is 11.3 Å². The molecule has 0 aromatic heterocycles. The lowest BCUT2D eigenvalue weighted by Crippen LogP contribution is -2.05. The highest BCUT2D eigenvalue weighted by molar-refractivity contribution is 7.98. The molecule has 0 unspecified atom stereocenters. The summed E-state index contributed by atoms with van der Waals surface area (Å²) >= 11 is 1.83. The average Bonchev–Trinajstić information content (AvgIpc) is 2.26. The van der Waals surface area contributed by atoms with Crippen molar-refractivity contribution >= 4 is 23.1 Å². The maximum atomic E-state index is 8.74. The molecule has 0 aliphatic heterocycles. The second-order valence-corrected chi connectivity index (χ2v) is 4.17. The van der Waals surface area contributed by atoms with Crippen LogP contribution in [0.3, 0.4) is 0 Å². The number of nitrogens with two attached hydrogens (primary N) is 1. The minimum absolute atomic E-state index is 0.636. The summed E-state index contributed by atoms with van der Waals surface area (Å²) in [5.74, 6) is 1.13. The highest BCUT2D eigenvalue weighted by Crippen LogP contribution is 2.19. The van der Waals surface area contributed by atoms with Gasteiger partial charge in [-0.15, -0.1) is 0 Å². The highest BCUT2D eigenvalue weighted by Gasteiger charge is 1.99. The van der Waals surface area contributed by atoms with Gasteiger partial charge in [-0.1, -0.05) is 0 Å². The molecule has 1 aromatic rings. The quantitative estimate of drug-likeness (QED) is 0.591. The SMILES string of the molecule is CSCCCNc1cc(C#N)ccc1N. The van der Waals surface area contributed by atoms with Crippen molar-refractivity contribution in [1.29, 1.82) is 5.26 Å². The summed E-state index contributed by atoms with van der Waals surface area (Å²) in [6.45, 7) is 0.889. The minimum Gasteiger partial charge on any atom is -0.397 e. The fourth-order valence-corrected chi connectivity index (χ4v) is 1.65. The van der Waals surface area contributed by atoms with Crippen molar-refractivity contribution in [2.24, 2.45) is 0 Å². The van der Waals surface area contributed by atoms with Gasteiger partial charge in [0.2, 0.25) is 0 Å². The molecule has 1 rings (SSSR count). The van der Waals surface area contributed by atoms with Gasteiger partial charge >= 0.3 is 0 Å². The van der Waals surface area contributed by atoms with E-state index < -0.39 is 0 Å². The van der Waals surface area contributed by atoms with E-state index in [-0.39, 0.29) is 0 Å². The molecular formula is C11H15N3S. The van der Waals surface area contributed by atoms with Crippen molar-refractivity contribution in [1.82, 2.24) is 0 Å². The Labute approximate surface area is 94.7 Å². The number of benzene rings is 1. The number of nitrogens with one attached hydrogen (secondary N) is 1. The van der Waals surface area contributed by atoms with E-state index in [2.05, 4.69) is 17.6 Å². The number of hydrogen-bond donors (Lipinski definition) is 2. The van der Waals surface area contributed by atoms with Crippen LogP contribution >= 0.6 is 11.8 Å². The molecular weight excluding hydrogens is 206 g/mol. The van der Waals surface area contributed by atoms with E-state index in [9.17, 15) is 0 Å². The number of thioether (sulfide) groups is 1. The fraction of sp³-hybridized carbons (Fsp3) is 0.364. The van der Waals surface area contributed by atoms with Gasteiger partial charge in [0.25, 0.3) is 0 Å². The zero-order chi connectivity index (χ0) is 11.1. The maximum absolute atomic E-state index is 8.74. The van der Waals surface area contributed by atoms with Gasteiger partial charge in [-0.25, -0.2) is 0 Å². The van der Waals surface area contributed by atoms with E-state index in [1.807, 2.05) is 11.8 Å². The minimum atomic E-state index is 0.636. The van der Waals surface area contributed by atoms with Crippen LogP contribution in [-0.4, -0.2) is 18.6 Å². The van der Waals surface area contributed by atoms with E-state index in [1.165, 1.54) is 0 Å². The number of anilines is 2. The molecule has 3 nitrogen and oxygen atoms in total. The Kier molecular flexibility index (Phi) is 4.85. The number of hydrogen-bond acceptors (Lipinski definition) is 4. The van der Waals surface area contributed by atoms with Gasteiger partial charge in [-0.05, 0) is 36.6 Å². The van der Waals surface area contributed by atoms with Crippen LogP contribution in [0.1, 0.15) is 12.0 Å². The summed E-state index contributed by atoms with van der Waals surface area (Å²) in [4.78, 5) is 0. The summed E-state index contributed by atoms with van der Waals surface area (Å²) < 4.78 is 0. The topological polar surface area (TPSA) is 61.8 Å². The zero-order valence-corrected chi connectivity index (χ0v) is 9.60. The molecule has 0 amide bonds. The monoisotopic (exact) mass is 221 g/mol. The van der Waals surface area contributed by atoms with Crippen molar-refractivity contribution in [3.8, 4) is 6.07 Å². The maximum Gasteiger partial charge on any atom is 0.0992 e. The molecule has 0 aliphatic carbocycles. The van der Waals surface area contributed by atoms with Crippen molar-refractivity contribution in [3.05, 3.63) is 23.8 Å². The first-order valence-electron chi connectivity index (χ1n) is 4.80. The Bertz CT molecular complexity index is 357. The summed E-state index contributed by atoms with van der Waals surface area (Å²) in [6, 6.07) is 7.37. The van der Waals surface area contributed by atoms with Crippen LogP contribution in [0.5, 0.6) is 0 Å². The van der Waals surface area contributed by atoms with Crippen LogP contribution in [0.4, 0.5) is 11.4 Å². The molecule has 0 fully saturated rings. The summed E-state index contributed by atoms with van der Waals surface area (Å²) in [7, 11) is 0. The van der Waals surface area contributed by atoms with Crippen LogP contribution in [0.25, 0.3) is 0 Å². The highest BCUT2D eigenvalue weighted by atomic mass is 32.2. The van der Waals surface area contributed by atoms with Crippen molar-refractivity contribution in [2.45, 2.75) is 6.42 Å². The molecule has 0 atom stereocenters. The lowest BCUT2D eigenvalue weighted by atomic mass is 10.2. The summed E-state index contributed by atoms with van der Waals surface area (Å²) in [5, 5.41) is 12.0. The van der Waals surface area contributed by atoms with Crippen LogP contribution in [0, 0.1) is 11.3 Å². The van der Waals surface area contributed by atoms with Gasteiger partial charge < -0.3 is 11.1 Å². The van der Waals surface area contributed by atoms with Gasteiger partial charge in [0.15, 0.2) is 0 Å². The third kappa shape index (κ3) is 3.72. The van der Waals surface area contributed by atoms with Crippen molar-refractivity contribution in [2.75, 3.05) is 29.6 Å². The Morgan fingerprint density at radius 1 is 1.53 bits per heavy atom. The first-order valence-corrected chi connectivity index (χ1v) is 6.19. The first kappa shape index (κ1) is 11.7. The average molecular weight is 221 g/mol. The third-order valence-corrected chi connectivity index (χ3v) is 2.72. The largest absolute Gasteiger partial charge is 0.397 e. The molecule has 0 heterocycles.